The molecule has 6 heteroatoms. The van der Waals surface area contributed by atoms with Gasteiger partial charge in [0.15, 0.2) is 11.5 Å². The minimum Gasteiger partial charge on any atom is -0.493 e. The summed E-state index contributed by atoms with van der Waals surface area (Å²) in [6.07, 6.45) is 6.65. The van der Waals surface area contributed by atoms with Gasteiger partial charge in [-0.1, -0.05) is 27.9 Å². The van der Waals surface area contributed by atoms with Gasteiger partial charge in [-0.05, 0) is 48.0 Å². The number of halogens is 1. The average Bonchev–Trinajstić information content (AvgIpc) is 2.66. The second kappa shape index (κ2) is 9.31. The van der Waals surface area contributed by atoms with Crippen LogP contribution in [-0.2, 0) is 4.79 Å². The Morgan fingerprint density at radius 1 is 1.27 bits per heavy atom. The summed E-state index contributed by atoms with van der Waals surface area (Å²) in [5.41, 5.74) is 1.18. The molecule has 0 bridgehead atoms. The fourth-order valence-electron chi connectivity index (χ4n) is 2.06. The first-order valence-corrected chi connectivity index (χ1v) is 8.29. The first-order chi connectivity index (χ1) is 12.6. The summed E-state index contributed by atoms with van der Waals surface area (Å²) in [5.74, 6) is 2.82. The molecule has 0 heterocycles. The average molecular weight is 411 g/mol. The van der Waals surface area contributed by atoms with Gasteiger partial charge in [0.1, 0.15) is 18.2 Å². The Kier molecular flexibility index (Phi) is 6.84. The molecule has 2 aromatic rings. The van der Waals surface area contributed by atoms with Gasteiger partial charge >= 0.3 is 0 Å². The van der Waals surface area contributed by atoms with Crippen LogP contribution in [0.15, 0.2) is 52.5 Å². The van der Waals surface area contributed by atoms with Crippen LogP contribution >= 0.6 is 15.9 Å². The third kappa shape index (κ3) is 5.14. The van der Waals surface area contributed by atoms with E-state index in [0.29, 0.717) is 22.7 Å². The number of amides is 1. The molecule has 26 heavy (non-hydrogen) atoms. The molecule has 0 spiro atoms. The Balaban J connectivity index is 2.22. The minimum absolute atomic E-state index is 0.0349. The van der Waals surface area contributed by atoms with Crippen LogP contribution in [0.4, 0.5) is 5.69 Å². The maximum Gasteiger partial charge on any atom is 0.266 e. The molecule has 0 aliphatic rings. The van der Waals surface area contributed by atoms with E-state index in [9.17, 15) is 10.1 Å². The molecule has 0 saturated carbocycles. The van der Waals surface area contributed by atoms with Crippen molar-refractivity contribution < 1.29 is 14.3 Å². The van der Waals surface area contributed by atoms with Crippen molar-refractivity contribution in [1.29, 1.82) is 5.26 Å². The van der Waals surface area contributed by atoms with Crippen molar-refractivity contribution in [3.8, 4) is 29.9 Å². The van der Waals surface area contributed by atoms with Gasteiger partial charge in [0.05, 0.1) is 7.11 Å². The number of methoxy groups -OCH3 is 1. The normalized spacial score (nSPS) is 10.4. The van der Waals surface area contributed by atoms with E-state index < -0.39 is 5.91 Å². The van der Waals surface area contributed by atoms with E-state index in [1.807, 2.05) is 6.07 Å². The SMILES string of the molecule is C#CCOc1ccc(/C=C(/C#N)C(=O)Nc2ccc(Br)cc2)cc1OC. The number of terminal acetylenes is 1. The molecule has 130 valence electrons. The number of nitrogens with zero attached hydrogens (tertiary/aromatic N) is 1. The lowest BCUT2D eigenvalue weighted by atomic mass is 10.1. The van der Waals surface area contributed by atoms with E-state index in [0.717, 1.165) is 4.47 Å². The topological polar surface area (TPSA) is 71.3 Å². The maximum atomic E-state index is 12.3. The molecule has 0 aliphatic heterocycles. The zero-order chi connectivity index (χ0) is 18.9. The molecule has 0 fully saturated rings. The fraction of sp³-hybridized carbons (Fsp3) is 0.100. The highest BCUT2D eigenvalue weighted by Gasteiger charge is 2.11. The van der Waals surface area contributed by atoms with Crippen LogP contribution in [-0.4, -0.2) is 19.6 Å². The van der Waals surface area contributed by atoms with Gasteiger partial charge in [0.25, 0.3) is 5.91 Å². The van der Waals surface area contributed by atoms with Crippen molar-refractivity contribution in [2.45, 2.75) is 0 Å². The molecule has 2 aromatic carbocycles. The number of rotatable bonds is 6. The highest BCUT2D eigenvalue weighted by Crippen LogP contribution is 2.29. The van der Waals surface area contributed by atoms with Crippen LogP contribution in [0.2, 0.25) is 0 Å². The van der Waals surface area contributed by atoms with Crippen molar-refractivity contribution >= 4 is 33.6 Å². The summed E-state index contributed by atoms with van der Waals surface area (Å²) < 4.78 is 11.5. The third-order valence-corrected chi connectivity index (χ3v) is 3.81. The molecule has 5 nitrogen and oxygen atoms in total. The molecule has 0 unspecified atom stereocenters. The third-order valence-electron chi connectivity index (χ3n) is 3.28. The second-order valence-electron chi connectivity index (χ2n) is 5.03. The summed E-state index contributed by atoms with van der Waals surface area (Å²) in [7, 11) is 1.50. The Labute approximate surface area is 160 Å². The van der Waals surface area contributed by atoms with E-state index in [1.165, 1.54) is 13.2 Å². The molecule has 0 aliphatic carbocycles. The molecule has 2 rings (SSSR count). The monoisotopic (exact) mass is 410 g/mol. The Morgan fingerprint density at radius 3 is 2.62 bits per heavy atom. The molecular weight excluding hydrogens is 396 g/mol. The molecule has 0 radical (unpaired) electrons. The Hall–Kier alpha value is -3.22. The van der Waals surface area contributed by atoms with E-state index in [2.05, 4.69) is 27.2 Å². The van der Waals surface area contributed by atoms with E-state index in [-0.39, 0.29) is 12.2 Å². The fourth-order valence-corrected chi connectivity index (χ4v) is 2.32. The number of carbonyl (C=O) groups excluding carboxylic acids is 1. The van der Waals surface area contributed by atoms with Crippen molar-refractivity contribution in [2.24, 2.45) is 0 Å². The van der Waals surface area contributed by atoms with Gasteiger partial charge in [0.2, 0.25) is 0 Å². The smallest absolute Gasteiger partial charge is 0.266 e. The molecule has 0 saturated heterocycles. The Morgan fingerprint density at radius 2 is 2.00 bits per heavy atom. The highest BCUT2D eigenvalue weighted by molar-refractivity contribution is 9.10. The molecular formula is C20H15BrN2O3. The van der Waals surface area contributed by atoms with Crippen molar-refractivity contribution in [3.05, 3.63) is 58.1 Å². The van der Waals surface area contributed by atoms with Crippen LogP contribution < -0.4 is 14.8 Å². The minimum atomic E-state index is -0.499. The van der Waals surface area contributed by atoms with Gasteiger partial charge in [-0.25, -0.2) is 0 Å². The van der Waals surface area contributed by atoms with E-state index >= 15 is 0 Å². The number of carbonyl (C=O) groups is 1. The lowest BCUT2D eigenvalue weighted by Crippen LogP contribution is -2.13. The molecule has 1 amide bonds. The van der Waals surface area contributed by atoms with Gasteiger partial charge in [-0.2, -0.15) is 5.26 Å². The van der Waals surface area contributed by atoms with Crippen LogP contribution in [0, 0.1) is 23.7 Å². The summed E-state index contributed by atoms with van der Waals surface area (Å²) in [6.45, 7) is 0.116. The lowest BCUT2D eigenvalue weighted by Gasteiger charge is -2.09. The van der Waals surface area contributed by atoms with Crippen LogP contribution in [0.5, 0.6) is 11.5 Å². The van der Waals surface area contributed by atoms with Crippen molar-refractivity contribution in [3.63, 3.8) is 0 Å². The van der Waals surface area contributed by atoms with Gasteiger partial charge < -0.3 is 14.8 Å². The molecule has 0 atom stereocenters. The number of ether oxygens (including phenoxy) is 2. The Bertz CT molecular complexity index is 906. The van der Waals surface area contributed by atoms with Gasteiger partial charge in [-0.15, -0.1) is 6.42 Å². The first-order valence-electron chi connectivity index (χ1n) is 7.50. The van der Waals surface area contributed by atoms with E-state index in [1.54, 1.807) is 42.5 Å². The summed E-state index contributed by atoms with van der Waals surface area (Å²) in [5, 5.41) is 12.0. The number of anilines is 1. The first kappa shape index (κ1) is 19.1. The van der Waals surface area contributed by atoms with Crippen LogP contribution in [0.1, 0.15) is 5.56 Å². The zero-order valence-corrected chi connectivity index (χ0v) is 15.5. The quantitative estimate of drug-likeness (QED) is 0.443. The predicted octanol–water partition coefficient (Wildman–Crippen LogP) is 4.02. The number of benzene rings is 2. The summed E-state index contributed by atoms with van der Waals surface area (Å²) >= 11 is 3.32. The standard InChI is InChI=1S/C20H15BrN2O3/c1-3-10-26-18-9-4-14(12-19(18)25-2)11-15(13-22)20(24)23-17-7-5-16(21)6-8-17/h1,4-9,11-12H,10H2,2H3,(H,23,24)/b15-11-. The summed E-state index contributed by atoms with van der Waals surface area (Å²) in [6, 6.07) is 14.0. The van der Waals surface area contributed by atoms with Crippen molar-refractivity contribution in [2.75, 3.05) is 19.0 Å². The van der Waals surface area contributed by atoms with Crippen LogP contribution in [0.3, 0.4) is 0 Å². The van der Waals surface area contributed by atoms with Gasteiger partial charge in [-0.3, -0.25) is 4.79 Å². The zero-order valence-electron chi connectivity index (χ0n) is 14.0. The predicted molar refractivity (Wildman–Crippen MR) is 104 cm³/mol. The lowest BCUT2D eigenvalue weighted by molar-refractivity contribution is -0.112. The molecule has 1 N–H and O–H groups in total. The second-order valence-corrected chi connectivity index (χ2v) is 5.95. The van der Waals surface area contributed by atoms with E-state index in [4.69, 9.17) is 15.9 Å². The largest absolute Gasteiger partial charge is 0.493 e. The number of nitriles is 1. The van der Waals surface area contributed by atoms with Crippen molar-refractivity contribution in [1.82, 2.24) is 0 Å². The summed E-state index contributed by atoms with van der Waals surface area (Å²) in [4.78, 5) is 12.3. The number of hydrogen-bond donors (Lipinski definition) is 1. The molecule has 0 aromatic heterocycles. The van der Waals surface area contributed by atoms with Crippen LogP contribution in [0.25, 0.3) is 6.08 Å². The maximum absolute atomic E-state index is 12.3. The van der Waals surface area contributed by atoms with Gasteiger partial charge in [0, 0.05) is 10.2 Å². The number of hydrogen-bond acceptors (Lipinski definition) is 4. The highest BCUT2D eigenvalue weighted by atomic mass is 79.9. The number of nitrogens with one attached hydrogen (secondary N) is 1.